The summed E-state index contributed by atoms with van der Waals surface area (Å²) in [5.41, 5.74) is 7.94. The van der Waals surface area contributed by atoms with Crippen molar-refractivity contribution in [3.8, 4) is 11.4 Å². The van der Waals surface area contributed by atoms with E-state index < -0.39 is 0 Å². The molecule has 0 saturated carbocycles. The van der Waals surface area contributed by atoms with Gasteiger partial charge in [-0.1, -0.05) is 4.49 Å². The minimum atomic E-state index is -0.309. The zero-order chi connectivity index (χ0) is 20.5. The van der Waals surface area contributed by atoms with Crippen molar-refractivity contribution in [2.45, 2.75) is 13.3 Å². The number of carbonyl (C=O) groups is 2. The maximum Gasteiger partial charge on any atom is 0.267 e. The highest BCUT2D eigenvalue weighted by molar-refractivity contribution is 7.07. The van der Waals surface area contributed by atoms with Crippen molar-refractivity contribution in [2.24, 2.45) is 5.92 Å². The molecule has 3 heterocycles. The number of anilines is 1. The van der Waals surface area contributed by atoms with E-state index in [4.69, 9.17) is 10.5 Å². The molecule has 0 unspecified atom stereocenters. The van der Waals surface area contributed by atoms with Gasteiger partial charge in [-0.15, -0.1) is 5.10 Å². The number of nitrogens with zero attached hydrogens (tertiary/aromatic N) is 5. The molecule has 0 radical (unpaired) electrons. The van der Waals surface area contributed by atoms with Gasteiger partial charge in [0.2, 0.25) is 0 Å². The third-order valence-electron chi connectivity index (χ3n) is 5.08. The zero-order valence-electron chi connectivity index (χ0n) is 16.0. The van der Waals surface area contributed by atoms with Crippen molar-refractivity contribution >= 4 is 29.0 Å². The summed E-state index contributed by atoms with van der Waals surface area (Å²) in [6.07, 6.45) is 2.08. The van der Waals surface area contributed by atoms with Gasteiger partial charge in [-0.3, -0.25) is 9.59 Å². The van der Waals surface area contributed by atoms with Crippen LogP contribution in [0.2, 0.25) is 0 Å². The molecule has 10 heteroatoms. The number of aryl methyl sites for hydroxylation is 1. The summed E-state index contributed by atoms with van der Waals surface area (Å²) in [5.74, 6) is 0.465. The molecule has 2 aromatic heterocycles. The van der Waals surface area contributed by atoms with Crippen molar-refractivity contribution in [3.05, 3.63) is 46.6 Å². The quantitative estimate of drug-likeness (QED) is 0.637. The smallest absolute Gasteiger partial charge is 0.267 e. The Bertz CT molecular complexity index is 1060. The normalized spacial score (nSPS) is 16.2. The maximum atomic E-state index is 13.0. The van der Waals surface area contributed by atoms with E-state index in [2.05, 4.69) is 14.7 Å². The van der Waals surface area contributed by atoms with Crippen LogP contribution in [-0.2, 0) is 0 Å². The second-order valence-electron chi connectivity index (χ2n) is 6.84. The Kier molecular flexibility index (Phi) is 5.01. The van der Waals surface area contributed by atoms with Crippen molar-refractivity contribution < 1.29 is 14.3 Å². The molecule has 29 heavy (non-hydrogen) atoms. The second kappa shape index (κ2) is 7.63. The number of nitrogen functional groups attached to an aromatic ring is 1. The first-order valence-electron chi connectivity index (χ1n) is 9.10. The lowest BCUT2D eigenvalue weighted by atomic mass is 9.98. The summed E-state index contributed by atoms with van der Waals surface area (Å²) in [5, 5.41) is 8.16. The van der Waals surface area contributed by atoms with E-state index in [1.54, 1.807) is 31.1 Å². The Balaban J connectivity index is 1.50. The van der Waals surface area contributed by atoms with Gasteiger partial charge in [0.1, 0.15) is 16.4 Å². The highest BCUT2D eigenvalue weighted by Gasteiger charge is 2.34. The van der Waals surface area contributed by atoms with Crippen molar-refractivity contribution in [1.82, 2.24) is 24.3 Å². The Hall–Kier alpha value is -3.27. The third kappa shape index (κ3) is 3.46. The van der Waals surface area contributed by atoms with Crippen LogP contribution in [0, 0.1) is 12.8 Å². The van der Waals surface area contributed by atoms with Gasteiger partial charge in [-0.05, 0) is 49.1 Å². The minimum absolute atomic E-state index is 0.100. The molecule has 4 rings (SSSR count). The molecule has 1 atom stereocenters. The fraction of sp³-hybridized carbons (Fsp3) is 0.316. The highest BCUT2D eigenvalue weighted by Crippen LogP contribution is 2.27. The van der Waals surface area contributed by atoms with Crippen LogP contribution in [0.25, 0.3) is 5.69 Å². The number of aromatic nitrogens is 4. The first-order valence-corrected chi connectivity index (χ1v) is 9.87. The van der Waals surface area contributed by atoms with E-state index >= 15 is 0 Å². The van der Waals surface area contributed by atoms with E-state index in [1.165, 1.54) is 10.9 Å². The van der Waals surface area contributed by atoms with Gasteiger partial charge in [0, 0.05) is 19.0 Å². The van der Waals surface area contributed by atoms with Crippen LogP contribution < -0.4 is 10.5 Å². The Morgan fingerprint density at radius 1 is 1.28 bits per heavy atom. The number of carbonyl (C=O) groups excluding carboxylic acids is 2. The van der Waals surface area contributed by atoms with Gasteiger partial charge in [-0.25, -0.2) is 4.68 Å². The van der Waals surface area contributed by atoms with Crippen LogP contribution in [0.5, 0.6) is 5.75 Å². The summed E-state index contributed by atoms with van der Waals surface area (Å²) < 4.78 is 10.5. The lowest BCUT2D eigenvalue weighted by Crippen LogP contribution is -2.30. The summed E-state index contributed by atoms with van der Waals surface area (Å²) in [7, 11) is 1.59. The topological polar surface area (TPSA) is 116 Å². The number of methoxy groups -OCH3 is 1. The van der Waals surface area contributed by atoms with Crippen LogP contribution in [-0.4, -0.2) is 56.2 Å². The van der Waals surface area contributed by atoms with Gasteiger partial charge >= 0.3 is 0 Å². The standard InChI is InChI=1S/C19H20N6O3S/c1-11-17(29-23-22-11)19(27)24-8-7-12(10-24)16(26)15-9-21-25(18(15)20)13-3-5-14(28-2)6-4-13/h3-6,9,12H,7-8,10,20H2,1-2H3/t12-/m1/s1. The Labute approximate surface area is 171 Å². The van der Waals surface area contributed by atoms with Gasteiger partial charge in [-0.2, -0.15) is 5.10 Å². The average molecular weight is 412 g/mol. The van der Waals surface area contributed by atoms with Crippen LogP contribution in [0.15, 0.2) is 30.5 Å². The molecule has 3 aromatic rings. The van der Waals surface area contributed by atoms with Gasteiger partial charge in [0.25, 0.3) is 5.91 Å². The Morgan fingerprint density at radius 3 is 2.69 bits per heavy atom. The molecule has 2 N–H and O–H groups in total. The summed E-state index contributed by atoms with van der Waals surface area (Å²) in [6.45, 7) is 2.62. The molecular weight excluding hydrogens is 392 g/mol. The number of hydrogen-bond donors (Lipinski definition) is 1. The number of Topliss-reactive ketones (excluding diaryl/α,β-unsaturated/α-hetero) is 1. The van der Waals surface area contributed by atoms with Gasteiger partial charge in [0.15, 0.2) is 5.78 Å². The lowest BCUT2D eigenvalue weighted by molar-refractivity contribution is 0.0784. The second-order valence-corrected chi connectivity index (χ2v) is 7.60. The summed E-state index contributed by atoms with van der Waals surface area (Å²) in [6, 6.07) is 7.24. The molecule has 9 nitrogen and oxygen atoms in total. The number of ketones is 1. The molecule has 0 spiro atoms. The zero-order valence-corrected chi connectivity index (χ0v) is 16.8. The fourth-order valence-corrected chi connectivity index (χ4v) is 4.05. The van der Waals surface area contributed by atoms with E-state index in [-0.39, 0.29) is 23.4 Å². The minimum Gasteiger partial charge on any atom is -0.497 e. The molecule has 1 fully saturated rings. The van der Waals surface area contributed by atoms with Crippen LogP contribution in [0.1, 0.15) is 32.1 Å². The molecule has 1 aliphatic rings. The average Bonchev–Trinajstić information content (AvgIpc) is 3.47. The number of hydrogen-bond acceptors (Lipinski definition) is 8. The highest BCUT2D eigenvalue weighted by atomic mass is 32.1. The van der Waals surface area contributed by atoms with Gasteiger partial charge < -0.3 is 15.4 Å². The van der Waals surface area contributed by atoms with Crippen molar-refractivity contribution in [2.75, 3.05) is 25.9 Å². The predicted molar refractivity (Wildman–Crippen MR) is 108 cm³/mol. The number of rotatable bonds is 5. The SMILES string of the molecule is COc1ccc(-n2ncc(C(=O)[C@@H]3CCN(C(=O)c4snnc4C)C3)c2N)cc1. The lowest BCUT2D eigenvalue weighted by Gasteiger charge is -2.15. The van der Waals surface area contributed by atoms with E-state index in [0.29, 0.717) is 35.6 Å². The molecule has 0 aliphatic carbocycles. The third-order valence-corrected chi connectivity index (χ3v) is 5.90. The molecule has 150 valence electrons. The Morgan fingerprint density at radius 2 is 2.03 bits per heavy atom. The largest absolute Gasteiger partial charge is 0.497 e. The number of amides is 1. The molecule has 1 aliphatic heterocycles. The van der Waals surface area contributed by atoms with Gasteiger partial charge in [0.05, 0.1) is 30.3 Å². The van der Waals surface area contributed by atoms with Crippen LogP contribution in [0.3, 0.4) is 0 Å². The molecule has 1 amide bonds. The van der Waals surface area contributed by atoms with Crippen molar-refractivity contribution in [3.63, 3.8) is 0 Å². The molecule has 0 bridgehead atoms. The first kappa shape index (κ1) is 19.1. The van der Waals surface area contributed by atoms with E-state index in [9.17, 15) is 9.59 Å². The fourth-order valence-electron chi connectivity index (χ4n) is 3.43. The predicted octanol–water partition coefficient (Wildman–Crippen LogP) is 1.97. The number of likely N-dealkylation sites (tertiary alicyclic amines) is 1. The van der Waals surface area contributed by atoms with E-state index in [0.717, 1.165) is 23.0 Å². The number of nitrogens with two attached hydrogens (primary N) is 1. The van der Waals surface area contributed by atoms with Crippen LogP contribution >= 0.6 is 11.5 Å². The number of ether oxygens (including phenoxy) is 1. The first-order chi connectivity index (χ1) is 14.0. The number of benzene rings is 1. The monoisotopic (exact) mass is 412 g/mol. The molecule has 1 saturated heterocycles. The van der Waals surface area contributed by atoms with E-state index in [1.807, 2.05) is 12.1 Å². The molecule has 1 aromatic carbocycles. The van der Waals surface area contributed by atoms with Crippen LogP contribution in [0.4, 0.5) is 5.82 Å². The summed E-state index contributed by atoms with van der Waals surface area (Å²) >= 11 is 1.08. The molecular formula is C19H20N6O3S. The summed E-state index contributed by atoms with van der Waals surface area (Å²) in [4.78, 5) is 27.9. The van der Waals surface area contributed by atoms with Crippen molar-refractivity contribution in [1.29, 1.82) is 0 Å². The maximum absolute atomic E-state index is 13.0.